The molecule has 1 aliphatic heterocycles. The highest BCUT2D eigenvalue weighted by atomic mass is 35.5. The average molecular weight is 748 g/mol. The fraction of sp³-hybridized carbons (Fsp3) is 0.265. The van der Waals surface area contributed by atoms with Gasteiger partial charge in [0.1, 0.15) is 0 Å². The monoisotopic (exact) mass is 747 g/mol. The molecule has 0 saturated carbocycles. The van der Waals surface area contributed by atoms with Crippen LogP contribution in [-0.4, -0.2) is 52.7 Å². The van der Waals surface area contributed by atoms with E-state index in [0.717, 1.165) is 27.6 Å². The second-order valence-corrected chi connectivity index (χ2v) is 12.3. The third-order valence-corrected chi connectivity index (χ3v) is 8.42. The van der Waals surface area contributed by atoms with E-state index in [4.69, 9.17) is 21.5 Å². The number of aryl methyl sites for hydroxylation is 1. The maximum absolute atomic E-state index is 13.7. The van der Waals surface area contributed by atoms with Crippen LogP contribution in [0.5, 0.6) is 0 Å². The van der Waals surface area contributed by atoms with E-state index in [2.05, 4.69) is 25.6 Å². The number of alkyl halides is 6. The Bertz CT molecular complexity index is 2180. The van der Waals surface area contributed by atoms with Gasteiger partial charge in [0.2, 0.25) is 5.91 Å². The molecule has 2 atom stereocenters. The molecule has 18 heteroatoms. The number of rotatable bonds is 3. The van der Waals surface area contributed by atoms with Crippen LogP contribution in [0.4, 0.5) is 32.0 Å². The second kappa shape index (κ2) is 15.0. The van der Waals surface area contributed by atoms with Crippen molar-refractivity contribution in [3.05, 3.63) is 106 Å². The normalized spacial score (nSPS) is 16.4. The smallest absolute Gasteiger partial charge is 0.475 e. The standard InChI is InChI=1S/C32H27ClF3N7O2.C2HF3O2/c1-18-5-3-7-23-30(18)20-11-12-37-25(13-20)27(8-4-6-19(2)31(45)39-23)42-17-38-24(15-29(42)44)22-14-21(33)9-10-26(22)43-16-28(40-41-43)32(34,35)36;3-2(4,5)1(6)7/h3,5,7,9-17,19,27H,4,6,8H2,1-2H3,(H,39,45);(H,6,7)/t19-,27+;/m1./s1. The summed E-state index contributed by atoms with van der Waals surface area (Å²) in [6, 6.07) is 14.8. The zero-order chi connectivity index (χ0) is 38.0. The first-order chi connectivity index (χ1) is 24.4. The van der Waals surface area contributed by atoms with Gasteiger partial charge in [0.25, 0.3) is 5.56 Å². The minimum absolute atomic E-state index is 0.0801. The largest absolute Gasteiger partial charge is 0.490 e. The Morgan fingerprint density at radius 1 is 1.00 bits per heavy atom. The molecule has 272 valence electrons. The predicted molar refractivity (Wildman–Crippen MR) is 177 cm³/mol. The summed E-state index contributed by atoms with van der Waals surface area (Å²) in [5, 5.41) is 17.4. The molecule has 0 radical (unpaired) electrons. The molecular formula is C34H28ClF6N7O4. The third kappa shape index (κ3) is 8.47. The van der Waals surface area contributed by atoms with E-state index in [1.807, 2.05) is 44.2 Å². The highest BCUT2D eigenvalue weighted by molar-refractivity contribution is 6.31. The number of aliphatic carboxylic acids is 1. The van der Waals surface area contributed by atoms with Crippen LogP contribution in [0.25, 0.3) is 28.1 Å². The zero-order valence-electron chi connectivity index (χ0n) is 27.2. The van der Waals surface area contributed by atoms with E-state index < -0.39 is 35.6 Å². The number of hydrogen-bond acceptors (Lipinski definition) is 7. The summed E-state index contributed by atoms with van der Waals surface area (Å²) < 4.78 is 73.8. The SMILES string of the molecule is Cc1cccc2c1-c1ccnc(c1)[C@@H](n1cnc(-c3cc(Cl)ccc3-n3cc(C(F)(F)F)nn3)cc1=O)CCC[C@@H](C)C(=O)N2.O=C(O)C(F)(F)F. The Kier molecular flexibility index (Phi) is 10.8. The third-order valence-electron chi connectivity index (χ3n) is 8.18. The molecule has 4 heterocycles. The van der Waals surface area contributed by atoms with Gasteiger partial charge in [-0.25, -0.2) is 14.5 Å². The number of carboxylic acid groups (broad SMARTS) is 1. The van der Waals surface area contributed by atoms with Crippen molar-refractivity contribution in [3.8, 4) is 28.1 Å². The predicted octanol–water partition coefficient (Wildman–Crippen LogP) is 7.51. The Morgan fingerprint density at radius 2 is 1.73 bits per heavy atom. The van der Waals surface area contributed by atoms with Gasteiger partial charge in [-0.15, -0.1) is 5.10 Å². The summed E-state index contributed by atoms with van der Waals surface area (Å²) in [5.41, 5.74) is 3.21. The van der Waals surface area contributed by atoms with Crippen LogP contribution in [0.15, 0.2) is 78.1 Å². The van der Waals surface area contributed by atoms with E-state index in [9.17, 15) is 35.9 Å². The molecule has 11 nitrogen and oxygen atoms in total. The van der Waals surface area contributed by atoms with Crippen molar-refractivity contribution in [1.29, 1.82) is 0 Å². The Balaban J connectivity index is 0.000000679. The van der Waals surface area contributed by atoms with Gasteiger partial charge < -0.3 is 10.4 Å². The number of anilines is 1. The van der Waals surface area contributed by atoms with Gasteiger partial charge in [0.15, 0.2) is 5.69 Å². The van der Waals surface area contributed by atoms with Gasteiger partial charge in [0.05, 0.1) is 35.6 Å². The molecule has 0 saturated heterocycles. The van der Waals surface area contributed by atoms with Crippen LogP contribution in [0.3, 0.4) is 0 Å². The van der Waals surface area contributed by atoms with Crippen LogP contribution < -0.4 is 10.9 Å². The van der Waals surface area contributed by atoms with Gasteiger partial charge in [-0.3, -0.25) is 19.1 Å². The Hall–Kier alpha value is -5.58. The molecule has 1 amide bonds. The van der Waals surface area contributed by atoms with Crippen molar-refractivity contribution in [1.82, 2.24) is 29.5 Å². The number of nitrogens with zero attached hydrogens (tertiary/aromatic N) is 6. The maximum Gasteiger partial charge on any atom is 0.490 e. The van der Waals surface area contributed by atoms with E-state index in [-0.39, 0.29) is 23.2 Å². The summed E-state index contributed by atoms with van der Waals surface area (Å²) in [6.45, 7) is 3.85. The van der Waals surface area contributed by atoms with Crippen molar-refractivity contribution in [3.63, 3.8) is 0 Å². The highest BCUT2D eigenvalue weighted by Crippen LogP contribution is 2.36. The number of carbonyl (C=O) groups is 2. The van der Waals surface area contributed by atoms with E-state index >= 15 is 0 Å². The first-order valence-electron chi connectivity index (χ1n) is 15.5. The molecule has 52 heavy (non-hydrogen) atoms. The van der Waals surface area contributed by atoms with Gasteiger partial charge in [0, 0.05) is 40.0 Å². The quantitative estimate of drug-likeness (QED) is 0.181. The number of amides is 1. The van der Waals surface area contributed by atoms with E-state index in [1.54, 1.807) is 6.20 Å². The lowest BCUT2D eigenvalue weighted by Crippen LogP contribution is -2.27. The summed E-state index contributed by atoms with van der Waals surface area (Å²) in [4.78, 5) is 44.9. The molecule has 5 aromatic rings. The van der Waals surface area contributed by atoms with Crippen molar-refractivity contribution in [2.24, 2.45) is 5.92 Å². The molecule has 1 aliphatic rings. The number of halogens is 7. The number of carbonyl (C=O) groups excluding carboxylic acids is 1. The number of fused-ring (bicyclic) bond motifs is 4. The van der Waals surface area contributed by atoms with Gasteiger partial charge in [-0.05, 0) is 67.3 Å². The maximum atomic E-state index is 13.7. The summed E-state index contributed by atoms with van der Waals surface area (Å²) in [5.74, 6) is -3.10. The molecule has 2 N–H and O–H groups in total. The fourth-order valence-corrected chi connectivity index (χ4v) is 5.76. The van der Waals surface area contributed by atoms with Crippen LogP contribution in [0.2, 0.25) is 5.02 Å². The average Bonchev–Trinajstić information content (AvgIpc) is 3.58. The first kappa shape index (κ1) is 37.7. The number of aromatic nitrogens is 6. The lowest BCUT2D eigenvalue weighted by molar-refractivity contribution is -0.192. The van der Waals surface area contributed by atoms with Crippen molar-refractivity contribution < 1.29 is 41.0 Å². The Labute approximate surface area is 295 Å². The molecular weight excluding hydrogens is 720 g/mol. The van der Waals surface area contributed by atoms with Crippen LogP contribution in [0.1, 0.15) is 49.2 Å². The first-order valence-corrected chi connectivity index (χ1v) is 15.9. The van der Waals surface area contributed by atoms with Crippen LogP contribution in [-0.2, 0) is 15.8 Å². The van der Waals surface area contributed by atoms with Gasteiger partial charge in [-0.2, -0.15) is 26.3 Å². The van der Waals surface area contributed by atoms with Crippen LogP contribution in [0, 0.1) is 12.8 Å². The fourth-order valence-electron chi connectivity index (χ4n) is 5.59. The number of nitrogens with one attached hydrogen (secondary N) is 1. The van der Waals surface area contributed by atoms with Crippen LogP contribution >= 0.6 is 11.6 Å². The number of pyridine rings is 1. The number of benzene rings is 2. The van der Waals surface area contributed by atoms with Crippen molar-refractivity contribution >= 4 is 29.2 Å². The van der Waals surface area contributed by atoms with Gasteiger partial charge >= 0.3 is 18.3 Å². The molecule has 0 aliphatic carbocycles. The Morgan fingerprint density at radius 3 is 2.38 bits per heavy atom. The molecule has 2 aromatic carbocycles. The molecule has 0 spiro atoms. The highest BCUT2D eigenvalue weighted by Gasteiger charge is 2.38. The summed E-state index contributed by atoms with van der Waals surface area (Å²) in [6.07, 6.45) is -4.17. The summed E-state index contributed by atoms with van der Waals surface area (Å²) >= 11 is 6.25. The minimum Gasteiger partial charge on any atom is -0.475 e. The number of hydrogen-bond donors (Lipinski definition) is 2. The van der Waals surface area contributed by atoms with Crippen molar-refractivity contribution in [2.45, 2.75) is 51.5 Å². The van der Waals surface area contributed by atoms with E-state index in [0.29, 0.717) is 41.2 Å². The lowest BCUT2D eigenvalue weighted by Gasteiger charge is -2.23. The molecule has 6 rings (SSSR count). The molecule has 2 bridgehead atoms. The molecule has 0 fully saturated rings. The minimum atomic E-state index is -5.08. The van der Waals surface area contributed by atoms with Gasteiger partial charge in [-0.1, -0.05) is 42.3 Å². The van der Waals surface area contributed by atoms with Crippen molar-refractivity contribution in [2.75, 3.05) is 5.32 Å². The number of carboxylic acids is 1. The van der Waals surface area contributed by atoms with E-state index in [1.165, 1.54) is 35.2 Å². The summed E-state index contributed by atoms with van der Waals surface area (Å²) in [7, 11) is 0. The topological polar surface area (TPSA) is 145 Å². The molecule has 0 unspecified atom stereocenters. The second-order valence-electron chi connectivity index (χ2n) is 11.8. The zero-order valence-corrected chi connectivity index (χ0v) is 28.0. The lowest BCUT2D eigenvalue weighted by atomic mass is 9.93. The molecule has 3 aromatic heterocycles.